The molecule has 0 heterocycles. The van der Waals surface area contributed by atoms with Crippen molar-refractivity contribution >= 4 is 24.1 Å². The van der Waals surface area contributed by atoms with Crippen molar-refractivity contribution in [1.82, 2.24) is 0 Å². The van der Waals surface area contributed by atoms with Gasteiger partial charge in [-0.1, -0.05) is 30.3 Å². The first-order valence-corrected chi connectivity index (χ1v) is 5.12. The van der Waals surface area contributed by atoms with Crippen LogP contribution in [0, 0.1) is 0 Å². The Morgan fingerprint density at radius 2 is 1.88 bits per heavy atom. The number of ketones is 1. The van der Waals surface area contributed by atoms with Gasteiger partial charge in [-0.3, -0.25) is 9.59 Å². The molecule has 17 heavy (non-hydrogen) atoms. The normalized spacial score (nSPS) is 10.2. The van der Waals surface area contributed by atoms with Crippen LogP contribution >= 0.6 is 0 Å². The summed E-state index contributed by atoms with van der Waals surface area (Å²) in [4.78, 5) is 32.8. The van der Waals surface area contributed by atoms with Crippen molar-refractivity contribution in [3.63, 3.8) is 0 Å². The Balaban J connectivity index is 2.80. The molecule has 0 bridgehead atoms. The van der Waals surface area contributed by atoms with Gasteiger partial charge < -0.3 is 4.74 Å². The molecule has 0 aliphatic carbocycles. The Morgan fingerprint density at radius 1 is 1.24 bits per heavy atom. The molecule has 0 saturated carbocycles. The molecule has 88 valence electrons. The van der Waals surface area contributed by atoms with Crippen LogP contribution < -0.4 is 0 Å². The summed E-state index contributed by atoms with van der Waals surface area (Å²) in [5.41, 5.74) is 1.05. The van der Waals surface area contributed by atoms with E-state index in [4.69, 9.17) is 0 Å². The number of benzene rings is 1. The third kappa shape index (κ3) is 3.68. The predicted octanol–water partition coefficient (Wildman–Crippen LogP) is 1.64. The van der Waals surface area contributed by atoms with Crippen LogP contribution in [-0.4, -0.2) is 24.6 Å². The van der Waals surface area contributed by atoms with E-state index in [0.717, 1.165) is 5.56 Å². The molecule has 4 nitrogen and oxygen atoms in total. The molecular formula is C13H12O4. The summed E-state index contributed by atoms with van der Waals surface area (Å²) in [5, 5.41) is 0. The summed E-state index contributed by atoms with van der Waals surface area (Å²) < 4.78 is 4.60. The number of ether oxygens (including phenoxy) is 1. The first kappa shape index (κ1) is 12.8. The number of carbonyl (C=O) groups is 3. The van der Waals surface area contributed by atoms with Crippen molar-refractivity contribution in [2.75, 3.05) is 6.61 Å². The van der Waals surface area contributed by atoms with Crippen LogP contribution in [-0.2, 0) is 14.3 Å². The van der Waals surface area contributed by atoms with E-state index in [1.807, 2.05) is 0 Å². The van der Waals surface area contributed by atoms with Gasteiger partial charge in [0.25, 0.3) is 5.78 Å². The molecule has 0 amide bonds. The molecule has 1 aromatic carbocycles. The highest BCUT2D eigenvalue weighted by atomic mass is 16.5. The summed E-state index contributed by atoms with van der Waals surface area (Å²) in [6.07, 6.45) is 3.62. The van der Waals surface area contributed by atoms with Crippen molar-refractivity contribution in [3.8, 4) is 0 Å². The molecule has 0 atom stereocenters. The molecule has 0 N–H and O–H groups in total. The maximum Gasteiger partial charge on any atom is 0.379 e. The smallest absolute Gasteiger partial charge is 0.379 e. The van der Waals surface area contributed by atoms with E-state index in [-0.39, 0.29) is 12.2 Å². The molecule has 0 fully saturated rings. The van der Waals surface area contributed by atoms with Crippen molar-refractivity contribution in [3.05, 3.63) is 41.5 Å². The van der Waals surface area contributed by atoms with Crippen molar-refractivity contribution in [2.24, 2.45) is 0 Å². The van der Waals surface area contributed by atoms with E-state index >= 15 is 0 Å². The summed E-state index contributed by atoms with van der Waals surface area (Å²) in [7, 11) is 0. The minimum absolute atomic E-state index is 0.171. The Kier molecular flexibility index (Phi) is 4.81. The number of esters is 1. The van der Waals surface area contributed by atoms with E-state index < -0.39 is 11.8 Å². The molecule has 0 spiro atoms. The zero-order valence-electron chi connectivity index (χ0n) is 9.38. The van der Waals surface area contributed by atoms with Crippen LogP contribution in [0.15, 0.2) is 30.3 Å². The molecule has 4 heteroatoms. The predicted molar refractivity (Wildman–Crippen MR) is 62.5 cm³/mol. The van der Waals surface area contributed by atoms with E-state index in [9.17, 15) is 14.4 Å². The lowest BCUT2D eigenvalue weighted by molar-refractivity contribution is -0.137. The molecule has 0 aromatic heterocycles. The lowest BCUT2D eigenvalue weighted by Crippen LogP contribution is -2.17. The van der Waals surface area contributed by atoms with Crippen molar-refractivity contribution in [1.29, 1.82) is 0 Å². The largest absolute Gasteiger partial charge is 0.460 e. The van der Waals surface area contributed by atoms with Crippen LogP contribution in [0.3, 0.4) is 0 Å². The molecule has 0 aliphatic rings. The Labute approximate surface area is 98.9 Å². The first-order valence-electron chi connectivity index (χ1n) is 5.12. The van der Waals surface area contributed by atoms with Gasteiger partial charge in [0, 0.05) is 5.56 Å². The zero-order chi connectivity index (χ0) is 12.7. The van der Waals surface area contributed by atoms with Crippen LogP contribution in [0.2, 0.25) is 0 Å². The van der Waals surface area contributed by atoms with Gasteiger partial charge in [-0.25, -0.2) is 4.79 Å². The highest BCUT2D eigenvalue weighted by molar-refractivity contribution is 6.40. The van der Waals surface area contributed by atoms with E-state index in [1.165, 1.54) is 18.2 Å². The van der Waals surface area contributed by atoms with Crippen LogP contribution in [0.25, 0.3) is 6.08 Å². The Morgan fingerprint density at radius 3 is 2.41 bits per heavy atom. The van der Waals surface area contributed by atoms with Crippen LogP contribution in [0.5, 0.6) is 0 Å². The third-order valence-electron chi connectivity index (χ3n) is 2.00. The van der Waals surface area contributed by atoms with Gasteiger partial charge in [-0.05, 0) is 18.6 Å². The van der Waals surface area contributed by atoms with Crippen LogP contribution in [0.1, 0.15) is 22.8 Å². The standard InChI is InChI=1S/C13H12O4/c1-2-17-13(16)12(15)11-7-5-10(6-8-11)4-3-9-14/h3-9H,2H2,1H3. The molecule has 0 radical (unpaired) electrons. The quantitative estimate of drug-likeness (QED) is 0.254. The van der Waals surface area contributed by atoms with Gasteiger partial charge in [-0.15, -0.1) is 0 Å². The fourth-order valence-electron chi connectivity index (χ4n) is 1.21. The number of rotatable bonds is 5. The number of allylic oxidation sites excluding steroid dienone is 1. The fourth-order valence-corrected chi connectivity index (χ4v) is 1.21. The fraction of sp³-hybridized carbons (Fsp3) is 0.154. The van der Waals surface area contributed by atoms with Gasteiger partial charge in [0.2, 0.25) is 0 Å². The Hall–Kier alpha value is -2.23. The second kappa shape index (κ2) is 6.37. The molecule has 1 aromatic rings. The average Bonchev–Trinajstić information content (AvgIpc) is 2.36. The maximum absolute atomic E-state index is 11.5. The highest BCUT2D eigenvalue weighted by Crippen LogP contribution is 2.07. The number of aldehydes is 1. The van der Waals surface area contributed by atoms with E-state index in [1.54, 1.807) is 25.1 Å². The topological polar surface area (TPSA) is 60.4 Å². The molecule has 0 aliphatic heterocycles. The highest BCUT2D eigenvalue weighted by Gasteiger charge is 2.16. The lowest BCUT2D eigenvalue weighted by atomic mass is 10.1. The minimum atomic E-state index is -0.858. The average molecular weight is 232 g/mol. The number of hydrogen-bond acceptors (Lipinski definition) is 4. The summed E-state index contributed by atoms with van der Waals surface area (Å²) in [6.45, 7) is 1.81. The summed E-state index contributed by atoms with van der Waals surface area (Å²) in [5.74, 6) is -1.53. The minimum Gasteiger partial charge on any atom is -0.460 e. The van der Waals surface area contributed by atoms with Gasteiger partial charge >= 0.3 is 5.97 Å². The number of carbonyl (C=O) groups excluding carboxylic acids is 3. The molecule has 1 rings (SSSR count). The van der Waals surface area contributed by atoms with E-state index in [2.05, 4.69) is 4.74 Å². The SMILES string of the molecule is CCOC(=O)C(=O)c1ccc(C=CC=O)cc1. The molecule has 0 unspecified atom stereocenters. The number of Topliss-reactive ketones (excluding diaryl/α,β-unsaturated/α-hetero) is 1. The molecule has 0 saturated heterocycles. The summed E-state index contributed by atoms with van der Waals surface area (Å²) in [6, 6.07) is 6.33. The van der Waals surface area contributed by atoms with Crippen LogP contribution in [0.4, 0.5) is 0 Å². The van der Waals surface area contributed by atoms with Crippen molar-refractivity contribution < 1.29 is 19.1 Å². The van der Waals surface area contributed by atoms with Gasteiger partial charge in [-0.2, -0.15) is 0 Å². The molecular weight excluding hydrogens is 220 g/mol. The van der Waals surface area contributed by atoms with Gasteiger partial charge in [0.05, 0.1) is 6.61 Å². The zero-order valence-corrected chi connectivity index (χ0v) is 9.38. The number of hydrogen-bond donors (Lipinski definition) is 0. The Bertz CT molecular complexity index is 443. The lowest BCUT2D eigenvalue weighted by Gasteiger charge is -2.01. The maximum atomic E-state index is 11.5. The second-order valence-corrected chi connectivity index (χ2v) is 3.17. The van der Waals surface area contributed by atoms with Gasteiger partial charge in [0.1, 0.15) is 6.29 Å². The monoisotopic (exact) mass is 232 g/mol. The third-order valence-corrected chi connectivity index (χ3v) is 2.00. The first-order chi connectivity index (χ1) is 8.19. The van der Waals surface area contributed by atoms with Crippen molar-refractivity contribution in [2.45, 2.75) is 6.92 Å². The second-order valence-electron chi connectivity index (χ2n) is 3.17. The van der Waals surface area contributed by atoms with E-state index in [0.29, 0.717) is 6.29 Å². The van der Waals surface area contributed by atoms with Gasteiger partial charge in [0.15, 0.2) is 0 Å². The summed E-state index contributed by atoms with van der Waals surface area (Å²) >= 11 is 0.